The molecule has 0 amide bonds. The molecule has 1 rings (SSSR count). The van der Waals surface area contributed by atoms with Crippen LogP contribution in [0.3, 0.4) is 0 Å². The van der Waals surface area contributed by atoms with Crippen LogP contribution < -0.4 is 10.5 Å². The van der Waals surface area contributed by atoms with E-state index in [1.165, 1.54) is 12.0 Å². The minimum absolute atomic E-state index is 0.0642. The number of hydrogen-bond donors (Lipinski definition) is 1. The van der Waals surface area contributed by atoms with Gasteiger partial charge in [0.15, 0.2) is 0 Å². The van der Waals surface area contributed by atoms with Gasteiger partial charge in [0, 0.05) is 11.6 Å². The quantitative estimate of drug-likeness (QED) is 0.824. The number of methoxy groups -OCH3 is 1. The predicted molar refractivity (Wildman–Crippen MR) is 77.9 cm³/mol. The lowest BCUT2D eigenvalue weighted by molar-refractivity contribution is 0.372. The molecule has 1 aromatic carbocycles. The van der Waals surface area contributed by atoms with Gasteiger partial charge in [-0.3, -0.25) is 0 Å². The van der Waals surface area contributed by atoms with Crippen LogP contribution in [-0.2, 0) is 0 Å². The Bertz CT molecular complexity index is 373. The Labute approximate surface area is 112 Å². The Hall–Kier alpha value is -1.02. The maximum Gasteiger partial charge on any atom is 0.123 e. The van der Waals surface area contributed by atoms with E-state index in [1.807, 2.05) is 0 Å². The topological polar surface area (TPSA) is 35.2 Å². The number of rotatable bonds is 6. The third-order valence-electron chi connectivity index (χ3n) is 3.32. The first-order chi connectivity index (χ1) is 8.43. The Morgan fingerprint density at radius 3 is 2.39 bits per heavy atom. The summed E-state index contributed by atoms with van der Waals surface area (Å²) in [4.78, 5) is 0. The highest BCUT2D eigenvalue weighted by Gasteiger charge is 2.16. The molecule has 1 aromatic rings. The van der Waals surface area contributed by atoms with Crippen molar-refractivity contribution in [3.63, 3.8) is 0 Å². The van der Waals surface area contributed by atoms with E-state index in [0.29, 0.717) is 5.92 Å². The molecule has 0 radical (unpaired) electrons. The van der Waals surface area contributed by atoms with Crippen molar-refractivity contribution in [2.75, 3.05) is 7.11 Å². The highest BCUT2D eigenvalue weighted by Crippen LogP contribution is 2.30. The number of nitrogens with two attached hydrogens (primary N) is 1. The van der Waals surface area contributed by atoms with Crippen molar-refractivity contribution in [3.8, 4) is 5.75 Å². The van der Waals surface area contributed by atoms with E-state index in [9.17, 15) is 0 Å². The maximum absolute atomic E-state index is 6.32. The lowest BCUT2D eigenvalue weighted by Crippen LogP contribution is -2.16. The van der Waals surface area contributed by atoms with Crippen molar-refractivity contribution in [1.82, 2.24) is 0 Å². The summed E-state index contributed by atoms with van der Waals surface area (Å²) in [7, 11) is 1.71. The zero-order valence-electron chi connectivity index (χ0n) is 12.4. The molecule has 0 fully saturated rings. The number of ether oxygens (including phenoxy) is 1. The summed E-state index contributed by atoms with van der Waals surface area (Å²) in [6.07, 6.45) is 2.24. The average molecular weight is 249 g/mol. The fourth-order valence-electron chi connectivity index (χ4n) is 2.59. The Kier molecular flexibility index (Phi) is 5.67. The first-order valence-corrected chi connectivity index (χ1v) is 6.84. The second-order valence-electron chi connectivity index (χ2n) is 5.82. The molecule has 0 bridgehead atoms. The van der Waals surface area contributed by atoms with Gasteiger partial charge in [-0.05, 0) is 43.2 Å². The van der Waals surface area contributed by atoms with Crippen molar-refractivity contribution >= 4 is 0 Å². The van der Waals surface area contributed by atoms with Crippen molar-refractivity contribution in [2.24, 2.45) is 17.6 Å². The summed E-state index contributed by atoms with van der Waals surface area (Å²) < 4.78 is 5.43. The average Bonchev–Trinajstić information content (AvgIpc) is 2.27. The number of hydrogen-bond acceptors (Lipinski definition) is 2. The molecule has 2 nitrogen and oxygen atoms in total. The molecule has 0 aliphatic heterocycles. The monoisotopic (exact) mass is 249 g/mol. The highest BCUT2D eigenvalue weighted by molar-refractivity contribution is 5.39. The molecule has 2 atom stereocenters. The van der Waals surface area contributed by atoms with E-state index >= 15 is 0 Å². The van der Waals surface area contributed by atoms with Gasteiger partial charge in [-0.2, -0.15) is 0 Å². The fourth-order valence-corrected chi connectivity index (χ4v) is 2.59. The molecule has 2 heteroatoms. The minimum atomic E-state index is 0.0642. The molecule has 0 aromatic heterocycles. The van der Waals surface area contributed by atoms with Crippen LogP contribution in [0.15, 0.2) is 18.2 Å². The number of aryl methyl sites for hydroxylation is 1. The third kappa shape index (κ3) is 4.34. The van der Waals surface area contributed by atoms with Gasteiger partial charge in [-0.1, -0.05) is 32.9 Å². The molecule has 0 aliphatic rings. The van der Waals surface area contributed by atoms with Crippen LogP contribution in [0, 0.1) is 18.8 Å². The van der Waals surface area contributed by atoms with Gasteiger partial charge >= 0.3 is 0 Å². The fraction of sp³-hybridized carbons (Fsp3) is 0.625. The van der Waals surface area contributed by atoms with Gasteiger partial charge in [0.05, 0.1) is 7.11 Å². The molecule has 2 unspecified atom stereocenters. The summed E-state index contributed by atoms with van der Waals surface area (Å²) in [6.45, 7) is 8.86. The van der Waals surface area contributed by atoms with E-state index in [1.54, 1.807) is 7.11 Å². The van der Waals surface area contributed by atoms with Crippen molar-refractivity contribution in [3.05, 3.63) is 29.3 Å². The van der Waals surface area contributed by atoms with Crippen molar-refractivity contribution < 1.29 is 4.74 Å². The second kappa shape index (κ2) is 6.79. The van der Waals surface area contributed by atoms with Gasteiger partial charge < -0.3 is 10.5 Å². The van der Waals surface area contributed by atoms with Crippen molar-refractivity contribution in [1.29, 1.82) is 0 Å². The normalized spacial score (nSPS) is 14.6. The van der Waals surface area contributed by atoms with Crippen LogP contribution in [-0.4, -0.2) is 7.11 Å². The second-order valence-corrected chi connectivity index (χ2v) is 5.82. The molecule has 18 heavy (non-hydrogen) atoms. The van der Waals surface area contributed by atoms with E-state index in [4.69, 9.17) is 10.5 Å². The SMILES string of the molecule is COc1cc(C)ccc1C(N)CC(C)CC(C)C. The largest absolute Gasteiger partial charge is 0.496 e. The standard InChI is InChI=1S/C16H27NO/c1-11(2)8-13(4)9-15(17)14-7-6-12(3)10-16(14)18-5/h6-7,10-11,13,15H,8-9,17H2,1-5H3. The minimum Gasteiger partial charge on any atom is -0.496 e. The molecule has 2 N–H and O–H groups in total. The Morgan fingerprint density at radius 1 is 1.17 bits per heavy atom. The lowest BCUT2D eigenvalue weighted by Gasteiger charge is -2.21. The summed E-state index contributed by atoms with van der Waals surface area (Å²) >= 11 is 0. The highest BCUT2D eigenvalue weighted by atomic mass is 16.5. The zero-order valence-corrected chi connectivity index (χ0v) is 12.4. The van der Waals surface area contributed by atoms with E-state index in [-0.39, 0.29) is 6.04 Å². The van der Waals surface area contributed by atoms with Gasteiger partial charge in [-0.15, -0.1) is 0 Å². The maximum atomic E-state index is 6.32. The smallest absolute Gasteiger partial charge is 0.123 e. The van der Waals surface area contributed by atoms with E-state index in [0.717, 1.165) is 23.7 Å². The third-order valence-corrected chi connectivity index (χ3v) is 3.32. The number of benzene rings is 1. The molecule has 0 saturated heterocycles. The van der Waals surface area contributed by atoms with Crippen LogP contribution in [0.4, 0.5) is 0 Å². The molecular weight excluding hydrogens is 222 g/mol. The summed E-state index contributed by atoms with van der Waals surface area (Å²) in [5.41, 5.74) is 8.65. The Balaban J connectivity index is 2.74. The van der Waals surface area contributed by atoms with Crippen LogP contribution in [0.25, 0.3) is 0 Å². The van der Waals surface area contributed by atoms with E-state index in [2.05, 4.69) is 45.9 Å². The van der Waals surface area contributed by atoms with Gasteiger partial charge in [0.25, 0.3) is 0 Å². The molecule has 0 saturated carbocycles. The first kappa shape index (κ1) is 15.0. The predicted octanol–water partition coefficient (Wildman–Crippen LogP) is 4.08. The van der Waals surface area contributed by atoms with Gasteiger partial charge in [-0.25, -0.2) is 0 Å². The molecular formula is C16H27NO. The van der Waals surface area contributed by atoms with Gasteiger partial charge in [0.1, 0.15) is 5.75 Å². The first-order valence-electron chi connectivity index (χ1n) is 6.84. The molecule has 0 aliphatic carbocycles. The van der Waals surface area contributed by atoms with Crippen LogP contribution in [0.5, 0.6) is 5.75 Å². The van der Waals surface area contributed by atoms with Crippen LogP contribution in [0.1, 0.15) is 50.8 Å². The lowest BCUT2D eigenvalue weighted by atomic mass is 9.90. The summed E-state index contributed by atoms with van der Waals surface area (Å²) in [5.74, 6) is 2.29. The summed E-state index contributed by atoms with van der Waals surface area (Å²) in [5, 5.41) is 0. The van der Waals surface area contributed by atoms with Crippen molar-refractivity contribution in [2.45, 2.75) is 46.6 Å². The Morgan fingerprint density at radius 2 is 1.83 bits per heavy atom. The molecule has 0 heterocycles. The van der Waals surface area contributed by atoms with Crippen LogP contribution >= 0.6 is 0 Å². The van der Waals surface area contributed by atoms with Crippen LogP contribution in [0.2, 0.25) is 0 Å². The molecule has 0 spiro atoms. The van der Waals surface area contributed by atoms with E-state index < -0.39 is 0 Å². The van der Waals surface area contributed by atoms with Gasteiger partial charge in [0.2, 0.25) is 0 Å². The summed E-state index contributed by atoms with van der Waals surface area (Å²) in [6, 6.07) is 6.32. The molecule has 102 valence electrons. The zero-order chi connectivity index (χ0) is 13.7.